The van der Waals surface area contributed by atoms with Crippen LogP contribution in [0.5, 0.6) is 0 Å². The van der Waals surface area contributed by atoms with E-state index in [1.807, 2.05) is 0 Å². The molecule has 1 saturated carbocycles. The molecule has 4 nitrogen and oxygen atoms in total. The van der Waals surface area contributed by atoms with Crippen molar-refractivity contribution in [2.75, 3.05) is 39.3 Å². The predicted molar refractivity (Wildman–Crippen MR) is 81.7 cm³/mol. The summed E-state index contributed by atoms with van der Waals surface area (Å²) in [6.07, 6.45) is 4.34. The quantitative estimate of drug-likeness (QED) is 0.843. The van der Waals surface area contributed by atoms with Gasteiger partial charge in [-0.1, -0.05) is 6.42 Å². The number of hydrogen-bond donors (Lipinski definition) is 1. The Balaban J connectivity index is 1.51. The fourth-order valence-corrected chi connectivity index (χ4v) is 4.37. The normalized spacial score (nSPS) is 40.2. The van der Waals surface area contributed by atoms with Crippen LogP contribution in [0, 0.1) is 11.8 Å². The van der Waals surface area contributed by atoms with E-state index in [1.165, 1.54) is 32.4 Å². The number of nitrogens with zero attached hydrogens (tertiary/aromatic N) is 2. The molecule has 116 valence electrons. The van der Waals surface area contributed by atoms with Crippen LogP contribution in [0.1, 0.15) is 33.1 Å². The molecule has 3 rings (SSSR count). The van der Waals surface area contributed by atoms with Crippen LogP contribution in [0.2, 0.25) is 0 Å². The topological polar surface area (TPSA) is 41.7 Å². The van der Waals surface area contributed by atoms with Crippen molar-refractivity contribution in [2.24, 2.45) is 17.6 Å². The summed E-state index contributed by atoms with van der Waals surface area (Å²) < 4.78 is 5.99. The zero-order chi connectivity index (χ0) is 14.1. The number of ether oxygens (including phenoxy) is 1. The van der Waals surface area contributed by atoms with Crippen LogP contribution < -0.4 is 5.73 Å². The molecule has 4 atom stereocenters. The van der Waals surface area contributed by atoms with E-state index >= 15 is 0 Å². The number of rotatable bonds is 3. The number of hydrogen-bond acceptors (Lipinski definition) is 4. The molecule has 0 radical (unpaired) electrons. The van der Waals surface area contributed by atoms with Crippen LogP contribution in [0.15, 0.2) is 0 Å². The van der Waals surface area contributed by atoms with Gasteiger partial charge in [0.15, 0.2) is 0 Å². The van der Waals surface area contributed by atoms with E-state index in [1.54, 1.807) is 0 Å². The molecule has 2 N–H and O–H groups in total. The highest BCUT2D eigenvalue weighted by Gasteiger charge is 2.39. The second kappa shape index (κ2) is 6.30. The molecule has 0 amide bonds. The lowest BCUT2D eigenvalue weighted by Gasteiger charge is -2.37. The van der Waals surface area contributed by atoms with Crippen LogP contribution in [-0.2, 0) is 4.74 Å². The Hall–Kier alpha value is -0.160. The van der Waals surface area contributed by atoms with E-state index in [9.17, 15) is 0 Å². The van der Waals surface area contributed by atoms with E-state index in [2.05, 4.69) is 23.6 Å². The minimum absolute atomic E-state index is 0.391. The number of fused-ring (bicyclic) bond motifs is 1. The van der Waals surface area contributed by atoms with Crippen LogP contribution >= 0.6 is 0 Å². The van der Waals surface area contributed by atoms with Gasteiger partial charge < -0.3 is 15.4 Å². The maximum absolute atomic E-state index is 6.31. The molecular formula is C16H31N3O. The zero-order valence-electron chi connectivity index (χ0n) is 13.1. The van der Waals surface area contributed by atoms with Gasteiger partial charge in [0.25, 0.3) is 0 Å². The molecule has 1 aliphatic carbocycles. The summed E-state index contributed by atoms with van der Waals surface area (Å²) in [5.74, 6) is 1.59. The maximum atomic E-state index is 6.31. The number of nitrogens with two attached hydrogens (primary N) is 1. The molecule has 4 unspecified atom stereocenters. The van der Waals surface area contributed by atoms with Crippen LogP contribution in [0.3, 0.4) is 0 Å². The van der Waals surface area contributed by atoms with Crippen molar-refractivity contribution in [3.8, 4) is 0 Å². The average molecular weight is 281 g/mol. The Morgan fingerprint density at radius 1 is 1.20 bits per heavy atom. The molecule has 0 aromatic heterocycles. The van der Waals surface area contributed by atoms with Gasteiger partial charge in [0, 0.05) is 44.8 Å². The largest absolute Gasteiger partial charge is 0.374 e. The molecule has 0 aromatic carbocycles. The minimum atomic E-state index is 0.391. The lowest BCUT2D eigenvalue weighted by atomic mass is 9.78. The smallest absolute Gasteiger partial charge is 0.0829 e. The molecule has 0 spiro atoms. The van der Waals surface area contributed by atoms with Crippen LogP contribution in [0.25, 0.3) is 0 Å². The van der Waals surface area contributed by atoms with E-state index in [4.69, 9.17) is 10.5 Å². The zero-order valence-corrected chi connectivity index (χ0v) is 13.1. The molecule has 3 fully saturated rings. The summed E-state index contributed by atoms with van der Waals surface area (Å²) in [4.78, 5) is 5.16. The van der Waals surface area contributed by atoms with E-state index in [0.717, 1.165) is 38.1 Å². The average Bonchev–Trinajstić information content (AvgIpc) is 2.83. The van der Waals surface area contributed by atoms with E-state index in [-0.39, 0.29) is 0 Å². The van der Waals surface area contributed by atoms with Crippen molar-refractivity contribution in [3.05, 3.63) is 0 Å². The van der Waals surface area contributed by atoms with E-state index in [0.29, 0.717) is 18.2 Å². The van der Waals surface area contributed by atoms with Crippen LogP contribution in [0.4, 0.5) is 0 Å². The predicted octanol–water partition coefficient (Wildman–Crippen LogP) is 1.15. The molecule has 2 heterocycles. The fourth-order valence-electron chi connectivity index (χ4n) is 4.37. The highest BCUT2D eigenvalue weighted by atomic mass is 16.5. The molecule has 2 saturated heterocycles. The Labute approximate surface area is 123 Å². The Kier molecular flexibility index (Phi) is 4.65. The van der Waals surface area contributed by atoms with E-state index < -0.39 is 0 Å². The van der Waals surface area contributed by atoms with Gasteiger partial charge in [0.1, 0.15) is 0 Å². The summed E-state index contributed by atoms with van der Waals surface area (Å²) in [5.41, 5.74) is 6.31. The van der Waals surface area contributed by atoms with Gasteiger partial charge in [-0.15, -0.1) is 0 Å². The number of morpholine rings is 1. The van der Waals surface area contributed by atoms with Crippen molar-refractivity contribution in [3.63, 3.8) is 0 Å². The maximum Gasteiger partial charge on any atom is 0.0829 e. The molecule has 3 aliphatic rings. The summed E-state index contributed by atoms with van der Waals surface area (Å²) >= 11 is 0. The molecule has 2 aliphatic heterocycles. The first-order valence-electron chi connectivity index (χ1n) is 8.47. The summed E-state index contributed by atoms with van der Waals surface area (Å²) in [6, 6.07) is 1.08. The third-order valence-electron chi connectivity index (χ3n) is 5.59. The Morgan fingerprint density at radius 2 is 2.05 bits per heavy atom. The third-order valence-corrected chi connectivity index (χ3v) is 5.59. The van der Waals surface area contributed by atoms with Crippen molar-refractivity contribution in [1.29, 1.82) is 0 Å². The fraction of sp³-hybridized carbons (Fsp3) is 1.00. The lowest BCUT2D eigenvalue weighted by molar-refractivity contribution is -0.0503. The molecule has 4 heteroatoms. The first kappa shape index (κ1) is 14.8. The first-order valence-corrected chi connectivity index (χ1v) is 8.47. The third kappa shape index (κ3) is 3.19. The van der Waals surface area contributed by atoms with Crippen LogP contribution in [-0.4, -0.2) is 67.3 Å². The highest BCUT2D eigenvalue weighted by molar-refractivity contribution is 4.94. The molecular weight excluding hydrogens is 250 g/mol. The molecule has 0 bridgehead atoms. The summed E-state index contributed by atoms with van der Waals surface area (Å²) in [5, 5.41) is 0. The van der Waals surface area contributed by atoms with Crippen molar-refractivity contribution >= 4 is 0 Å². The van der Waals surface area contributed by atoms with Crippen molar-refractivity contribution < 1.29 is 4.74 Å². The van der Waals surface area contributed by atoms with Gasteiger partial charge in [0.05, 0.1) is 12.7 Å². The second-order valence-electron chi connectivity index (χ2n) is 7.32. The highest BCUT2D eigenvalue weighted by Crippen LogP contribution is 2.35. The Bertz CT molecular complexity index is 323. The number of likely N-dealkylation sites (tertiary alicyclic amines) is 1. The monoisotopic (exact) mass is 281 g/mol. The van der Waals surface area contributed by atoms with Crippen molar-refractivity contribution in [1.82, 2.24) is 9.80 Å². The SMILES string of the molecule is CC(C)N1CCOC(CN2CC3CCCC(N)C3C2)C1. The van der Waals surface area contributed by atoms with Gasteiger partial charge in [-0.2, -0.15) is 0 Å². The lowest BCUT2D eigenvalue weighted by Crippen LogP contribution is -2.49. The second-order valence-corrected chi connectivity index (χ2v) is 7.32. The summed E-state index contributed by atoms with van der Waals surface area (Å²) in [6.45, 7) is 11.2. The van der Waals surface area contributed by atoms with Crippen molar-refractivity contribution in [2.45, 2.75) is 51.3 Å². The van der Waals surface area contributed by atoms with Gasteiger partial charge >= 0.3 is 0 Å². The van der Waals surface area contributed by atoms with Gasteiger partial charge in [-0.25, -0.2) is 0 Å². The molecule has 20 heavy (non-hydrogen) atoms. The van der Waals surface area contributed by atoms with Gasteiger partial charge in [-0.3, -0.25) is 4.90 Å². The minimum Gasteiger partial charge on any atom is -0.374 e. The molecule has 0 aromatic rings. The van der Waals surface area contributed by atoms with Gasteiger partial charge in [0.2, 0.25) is 0 Å². The first-order chi connectivity index (χ1) is 9.63. The summed E-state index contributed by atoms with van der Waals surface area (Å²) in [7, 11) is 0. The standard InChI is InChI=1S/C16H31N3O/c1-12(2)19-6-7-20-14(10-19)9-18-8-13-4-3-5-16(17)15(13)11-18/h12-16H,3-11,17H2,1-2H3. The van der Waals surface area contributed by atoms with Gasteiger partial charge in [-0.05, 0) is 38.5 Å². The Morgan fingerprint density at radius 3 is 2.80 bits per heavy atom.